The van der Waals surface area contributed by atoms with Gasteiger partial charge in [0.15, 0.2) is 5.65 Å². The minimum atomic E-state index is -0.670. The van der Waals surface area contributed by atoms with E-state index in [-0.39, 0.29) is 28.7 Å². The molecule has 1 saturated heterocycles. The van der Waals surface area contributed by atoms with Crippen LogP contribution < -0.4 is 11.2 Å². The molecule has 2 fully saturated rings. The number of fused-ring (bicyclic) bond motifs is 3. The first-order valence-corrected chi connectivity index (χ1v) is 21.1. The molecule has 0 amide bonds. The Balaban J connectivity index is 0.941. The van der Waals surface area contributed by atoms with E-state index in [1.54, 1.807) is 39.4 Å². The van der Waals surface area contributed by atoms with Crippen molar-refractivity contribution < 1.29 is 17.9 Å². The van der Waals surface area contributed by atoms with Gasteiger partial charge in [0.25, 0.3) is 5.56 Å². The Bertz CT molecular complexity index is 2950. The van der Waals surface area contributed by atoms with Gasteiger partial charge in [-0.2, -0.15) is 0 Å². The number of imidazole rings is 2. The molecule has 1 saturated carbocycles. The van der Waals surface area contributed by atoms with Crippen molar-refractivity contribution in [1.82, 2.24) is 42.7 Å². The van der Waals surface area contributed by atoms with Crippen LogP contribution >= 0.6 is 0 Å². The van der Waals surface area contributed by atoms with Gasteiger partial charge in [-0.15, -0.1) is 0 Å². The molecule has 0 radical (unpaired) electrons. The van der Waals surface area contributed by atoms with Crippen LogP contribution in [-0.2, 0) is 24.4 Å². The van der Waals surface area contributed by atoms with E-state index in [1.165, 1.54) is 39.2 Å². The summed E-state index contributed by atoms with van der Waals surface area (Å²) in [5, 5.41) is 0.0218. The molecule has 12 nitrogen and oxygen atoms in total. The van der Waals surface area contributed by atoms with Gasteiger partial charge in [0, 0.05) is 76.2 Å². The average molecular weight is 840 g/mol. The van der Waals surface area contributed by atoms with Crippen molar-refractivity contribution in [1.29, 1.82) is 0 Å². The van der Waals surface area contributed by atoms with Crippen LogP contribution in [0.3, 0.4) is 0 Å². The molecule has 0 bridgehead atoms. The van der Waals surface area contributed by atoms with Crippen molar-refractivity contribution in [2.24, 2.45) is 0 Å². The third kappa shape index (κ3) is 8.06. The van der Waals surface area contributed by atoms with Gasteiger partial charge in [0.05, 0.1) is 35.3 Å². The molecular formula is C47H44F3N9O3. The molecule has 316 valence electrons. The SMILES string of the molecule is O=c1c2cc(F)cnc2n(-c2cccc(-c3ccc(CN4CCCOCC4)cc3)c2)c(=O)n1[C@H]1CC[C@@H](N(Cc2cn3cc(F)ccc3n2)Cc2cn3cc(F)ccc3n2)CC1. The molecule has 8 aromatic rings. The normalized spacial score (nSPS) is 17.7. The maximum Gasteiger partial charge on any atom is 0.337 e. The Labute approximate surface area is 354 Å². The van der Waals surface area contributed by atoms with Crippen molar-refractivity contribution >= 4 is 22.3 Å². The molecule has 2 aromatic carbocycles. The van der Waals surface area contributed by atoms with E-state index < -0.39 is 23.1 Å². The molecule has 1 aliphatic carbocycles. The van der Waals surface area contributed by atoms with Gasteiger partial charge in [-0.3, -0.25) is 19.2 Å². The molecule has 0 spiro atoms. The van der Waals surface area contributed by atoms with E-state index in [0.29, 0.717) is 55.8 Å². The zero-order valence-electron chi connectivity index (χ0n) is 33.9. The Hall–Kier alpha value is -6.42. The summed E-state index contributed by atoms with van der Waals surface area (Å²) in [4.78, 5) is 47.4. The van der Waals surface area contributed by atoms with Gasteiger partial charge in [0.2, 0.25) is 0 Å². The first-order valence-electron chi connectivity index (χ1n) is 21.1. The van der Waals surface area contributed by atoms with Crippen LogP contribution in [0.2, 0.25) is 0 Å². The molecule has 6 aromatic heterocycles. The predicted molar refractivity (Wildman–Crippen MR) is 229 cm³/mol. The van der Waals surface area contributed by atoms with Crippen molar-refractivity contribution in [3.05, 3.63) is 165 Å². The molecule has 15 heteroatoms. The molecule has 0 atom stereocenters. The number of hydrogen-bond acceptors (Lipinski definition) is 8. The molecule has 2 aliphatic rings. The number of aromatic nitrogens is 7. The monoisotopic (exact) mass is 839 g/mol. The summed E-state index contributed by atoms with van der Waals surface area (Å²) < 4.78 is 54.6. The zero-order valence-corrected chi connectivity index (χ0v) is 33.9. The Morgan fingerprint density at radius 1 is 0.710 bits per heavy atom. The summed E-state index contributed by atoms with van der Waals surface area (Å²) >= 11 is 0. The molecule has 10 rings (SSSR count). The van der Waals surface area contributed by atoms with E-state index in [0.717, 1.165) is 74.0 Å². The van der Waals surface area contributed by atoms with Crippen molar-refractivity contribution in [3.8, 4) is 16.8 Å². The summed E-state index contributed by atoms with van der Waals surface area (Å²) in [6.07, 6.45) is 10.6. The minimum absolute atomic E-state index is 0.00622. The van der Waals surface area contributed by atoms with Crippen molar-refractivity contribution in [3.63, 3.8) is 0 Å². The molecule has 7 heterocycles. The fourth-order valence-corrected chi connectivity index (χ4v) is 9.18. The highest BCUT2D eigenvalue weighted by molar-refractivity contribution is 5.76. The van der Waals surface area contributed by atoms with Gasteiger partial charge in [-0.05, 0) is 91.3 Å². The number of halogens is 3. The second kappa shape index (κ2) is 16.8. The summed E-state index contributed by atoms with van der Waals surface area (Å²) in [7, 11) is 0. The molecular weight excluding hydrogens is 796 g/mol. The summed E-state index contributed by atoms with van der Waals surface area (Å²) in [5.41, 5.74) is 5.23. The molecule has 0 unspecified atom stereocenters. The largest absolute Gasteiger partial charge is 0.380 e. The standard InChI is InChI=1S/C47H44F3N9O3/c48-34-9-15-43-52-37(29-56(43)25-34)27-55(28-38-30-57-26-35(49)10-16-44(57)53-38)39-11-13-40(14-12-39)59-46(60)42-22-36(50)23-51-45(42)58(47(59)61)41-4-1-3-33(21-41)32-7-5-31(6-8-32)24-54-17-2-19-62-20-18-54/h1,3-10,15-16,21-23,25-26,29-30,39-40H,2,11-14,17-20,24,27-28H2/t39-,40+. The van der Waals surface area contributed by atoms with Crippen molar-refractivity contribution in [2.75, 3.05) is 26.3 Å². The molecule has 62 heavy (non-hydrogen) atoms. The van der Waals surface area contributed by atoms with Crippen LogP contribution in [0, 0.1) is 17.5 Å². The van der Waals surface area contributed by atoms with Gasteiger partial charge < -0.3 is 13.5 Å². The maximum atomic E-state index is 14.8. The number of nitrogens with zero attached hydrogens (tertiary/aromatic N) is 9. The number of ether oxygens (including phenoxy) is 1. The topological polar surface area (TPSA) is 107 Å². The Morgan fingerprint density at radius 2 is 1.40 bits per heavy atom. The highest BCUT2D eigenvalue weighted by Gasteiger charge is 2.31. The van der Waals surface area contributed by atoms with Gasteiger partial charge in [-0.1, -0.05) is 36.4 Å². The third-order valence-electron chi connectivity index (χ3n) is 12.2. The Morgan fingerprint density at radius 3 is 2.10 bits per heavy atom. The first-order chi connectivity index (χ1) is 30.2. The lowest BCUT2D eigenvalue weighted by Gasteiger charge is -2.36. The summed E-state index contributed by atoms with van der Waals surface area (Å²) in [5.74, 6) is -1.41. The van der Waals surface area contributed by atoms with Crippen LogP contribution in [0.4, 0.5) is 13.2 Å². The van der Waals surface area contributed by atoms with Crippen LogP contribution in [0.1, 0.15) is 55.1 Å². The maximum absolute atomic E-state index is 14.8. The van der Waals surface area contributed by atoms with Gasteiger partial charge in [0.1, 0.15) is 28.7 Å². The number of hydrogen-bond donors (Lipinski definition) is 0. The predicted octanol–water partition coefficient (Wildman–Crippen LogP) is 7.34. The highest BCUT2D eigenvalue weighted by Crippen LogP contribution is 2.32. The second-order valence-corrected chi connectivity index (χ2v) is 16.4. The Kier molecular flexibility index (Phi) is 10.8. The number of pyridine rings is 3. The summed E-state index contributed by atoms with van der Waals surface area (Å²) in [6.45, 7) is 5.09. The van der Waals surface area contributed by atoms with Crippen LogP contribution in [0.5, 0.6) is 0 Å². The molecule has 1 aliphatic heterocycles. The zero-order chi connectivity index (χ0) is 42.3. The number of benzene rings is 2. The molecule has 0 N–H and O–H groups in total. The lowest BCUT2D eigenvalue weighted by atomic mass is 9.89. The highest BCUT2D eigenvalue weighted by atomic mass is 19.1. The van der Waals surface area contributed by atoms with E-state index in [1.807, 2.05) is 18.2 Å². The number of rotatable bonds is 10. The second-order valence-electron chi connectivity index (χ2n) is 16.4. The van der Waals surface area contributed by atoms with E-state index in [4.69, 9.17) is 14.7 Å². The van der Waals surface area contributed by atoms with Crippen LogP contribution in [0.25, 0.3) is 39.1 Å². The van der Waals surface area contributed by atoms with Gasteiger partial charge >= 0.3 is 5.69 Å². The minimum Gasteiger partial charge on any atom is -0.380 e. The fourth-order valence-electron chi connectivity index (χ4n) is 9.18. The summed E-state index contributed by atoms with van der Waals surface area (Å²) in [6, 6.07) is 22.6. The average Bonchev–Trinajstić information content (AvgIpc) is 3.77. The fraction of sp³-hybridized carbons (Fsp3) is 0.298. The lowest BCUT2D eigenvalue weighted by molar-refractivity contribution is 0.119. The smallest absolute Gasteiger partial charge is 0.337 e. The van der Waals surface area contributed by atoms with E-state index in [2.05, 4.69) is 39.0 Å². The first kappa shape index (κ1) is 39.7. The lowest BCUT2D eigenvalue weighted by Crippen LogP contribution is -2.45. The van der Waals surface area contributed by atoms with E-state index in [9.17, 15) is 22.8 Å². The van der Waals surface area contributed by atoms with E-state index >= 15 is 0 Å². The van der Waals surface area contributed by atoms with Crippen LogP contribution in [0.15, 0.2) is 119 Å². The quantitative estimate of drug-likeness (QED) is 0.141. The third-order valence-corrected chi connectivity index (χ3v) is 12.2. The van der Waals surface area contributed by atoms with Gasteiger partial charge in [-0.25, -0.2) is 37.5 Å². The van der Waals surface area contributed by atoms with Crippen molar-refractivity contribution in [2.45, 2.75) is 63.8 Å². The van der Waals surface area contributed by atoms with Crippen LogP contribution in [-0.4, -0.2) is 75.0 Å².